The van der Waals surface area contributed by atoms with Crippen LogP contribution in [0.3, 0.4) is 0 Å². The van der Waals surface area contributed by atoms with Gasteiger partial charge in [-0.3, -0.25) is 14.4 Å². The van der Waals surface area contributed by atoms with E-state index in [2.05, 4.69) is 10.6 Å². The fourth-order valence-corrected chi connectivity index (χ4v) is 5.82. The second-order valence-corrected chi connectivity index (χ2v) is 13.1. The van der Waals surface area contributed by atoms with Crippen molar-refractivity contribution in [3.63, 3.8) is 0 Å². The third kappa shape index (κ3) is 9.47. The average Bonchev–Trinajstić information content (AvgIpc) is 3.81. The number of epoxide rings is 1. The number of benzene rings is 2. The minimum Gasteiger partial charge on any atom is -0.505 e. The van der Waals surface area contributed by atoms with Crippen molar-refractivity contribution in [1.82, 2.24) is 10.6 Å². The van der Waals surface area contributed by atoms with Crippen LogP contribution in [0.4, 0.5) is 0 Å². The summed E-state index contributed by atoms with van der Waals surface area (Å²) < 4.78 is 17.6. The molecule has 7 unspecified atom stereocenters. The summed E-state index contributed by atoms with van der Waals surface area (Å²) in [4.78, 5) is 52.9. The van der Waals surface area contributed by atoms with Crippen LogP contribution in [0.2, 0.25) is 10.0 Å². The lowest BCUT2D eigenvalue weighted by molar-refractivity contribution is -0.176. The van der Waals surface area contributed by atoms with E-state index in [0.717, 1.165) is 5.56 Å². The number of ether oxygens (including phenoxy) is 3. The van der Waals surface area contributed by atoms with Gasteiger partial charge in [-0.15, -0.1) is 0 Å². The lowest BCUT2D eigenvalue weighted by Crippen LogP contribution is -2.49. The molecule has 2 aliphatic rings. The van der Waals surface area contributed by atoms with E-state index in [1.54, 1.807) is 13.0 Å². The van der Waals surface area contributed by atoms with Gasteiger partial charge in [-0.05, 0) is 41.7 Å². The zero-order valence-electron chi connectivity index (χ0n) is 26.2. The average molecular weight is 676 g/mol. The third-order valence-corrected chi connectivity index (χ3v) is 8.58. The molecule has 4 rings (SSSR count). The van der Waals surface area contributed by atoms with Gasteiger partial charge in [0.1, 0.15) is 18.2 Å². The summed E-state index contributed by atoms with van der Waals surface area (Å²) >= 11 is 12.2. The first-order valence-electron chi connectivity index (χ1n) is 15.4. The van der Waals surface area contributed by atoms with Gasteiger partial charge >= 0.3 is 11.9 Å². The summed E-state index contributed by atoms with van der Waals surface area (Å²) in [6.07, 6.45) is 1.03. The van der Waals surface area contributed by atoms with Gasteiger partial charge in [-0.25, -0.2) is 4.79 Å². The number of hydrogen-bond acceptors (Lipinski definition) is 8. The molecule has 7 atom stereocenters. The summed E-state index contributed by atoms with van der Waals surface area (Å²) in [6, 6.07) is 11.6. The van der Waals surface area contributed by atoms with Crippen molar-refractivity contribution >= 4 is 47.0 Å². The first-order chi connectivity index (χ1) is 21.8. The van der Waals surface area contributed by atoms with E-state index < -0.39 is 47.9 Å². The Labute approximate surface area is 278 Å². The molecule has 12 heteroatoms. The summed E-state index contributed by atoms with van der Waals surface area (Å²) in [6.45, 7) is 7.18. The molecule has 1 saturated heterocycles. The number of amides is 2. The van der Waals surface area contributed by atoms with Crippen molar-refractivity contribution < 1.29 is 38.5 Å². The Morgan fingerprint density at radius 1 is 0.978 bits per heavy atom. The molecule has 1 fully saturated rings. The minimum atomic E-state index is -1.15. The lowest BCUT2D eigenvalue weighted by atomic mass is 9.93. The molecule has 10 nitrogen and oxygen atoms in total. The lowest BCUT2D eigenvalue weighted by Gasteiger charge is -2.27. The molecule has 0 bridgehead atoms. The molecule has 2 aromatic carbocycles. The molecule has 3 N–H and O–H groups in total. The standard InChI is InChI=1S/C34H40Cl2N2O8/c1-18(2)13-27-34(43)44-26(20(4)30-31(46-30)22-9-6-5-7-10-22)11-8-12-28(39)38-25(32(41)37-17-19(3)33(42)45-27)16-21-14-23(35)29(40)24(36)15-21/h5-10,12,14-15,18-20,25-27,30-31,40H,11,13,16-17H2,1-4H3,(H,37,41)(H,38,39). The van der Waals surface area contributed by atoms with Crippen LogP contribution < -0.4 is 10.6 Å². The van der Waals surface area contributed by atoms with Crippen LogP contribution in [0.5, 0.6) is 5.75 Å². The van der Waals surface area contributed by atoms with Gasteiger partial charge in [0.25, 0.3) is 0 Å². The molecule has 0 aliphatic carbocycles. The quantitative estimate of drug-likeness (QED) is 0.272. The monoisotopic (exact) mass is 674 g/mol. The molecule has 0 radical (unpaired) electrons. The van der Waals surface area contributed by atoms with Crippen LogP contribution in [0.25, 0.3) is 0 Å². The molecule has 0 aromatic heterocycles. The van der Waals surface area contributed by atoms with Crippen molar-refractivity contribution in [2.45, 2.75) is 77.4 Å². The van der Waals surface area contributed by atoms with E-state index in [-0.39, 0.29) is 65.6 Å². The van der Waals surface area contributed by atoms with Crippen LogP contribution in [0.15, 0.2) is 54.6 Å². The Bertz CT molecular complexity index is 1430. The maximum absolute atomic E-state index is 13.5. The molecular formula is C34H40Cl2N2O8. The number of rotatable bonds is 7. The summed E-state index contributed by atoms with van der Waals surface area (Å²) in [7, 11) is 0. The topological polar surface area (TPSA) is 144 Å². The molecule has 248 valence electrons. The van der Waals surface area contributed by atoms with Gasteiger partial charge in [0.05, 0.1) is 22.1 Å². The molecule has 0 saturated carbocycles. The van der Waals surface area contributed by atoms with Gasteiger partial charge in [-0.1, -0.05) is 87.3 Å². The fourth-order valence-electron chi connectivity index (χ4n) is 5.29. The van der Waals surface area contributed by atoms with Gasteiger partial charge in [0.15, 0.2) is 11.9 Å². The Hall–Kier alpha value is -3.60. The highest BCUT2D eigenvalue weighted by Gasteiger charge is 2.47. The maximum atomic E-state index is 13.5. The van der Waals surface area contributed by atoms with E-state index >= 15 is 0 Å². The van der Waals surface area contributed by atoms with Gasteiger partial charge < -0.3 is 30.0 Å². The normalized spacial score (nSPS) is 26.9. The summed E-state index contributed by atoms with van der Waals surface area (Å²) in [5.74, 6) is -3.82. The third-order valence-electron chi connectivity index (χ3n) is 8.00. The number of carbonyl (C=O) groups is 4. The molecule has 2 amide bonds. The molecule has 2 aliphatic heterocycles. The van der Waals surface area contributed by atoms with Gasteiger partial charge in [0, 0.05) is 25.3 Å². The van der Waals surface area contributed by atoms with Crippen LogP contribution in [-0.4, -0.2) is 59.8 Å². The van der Waals surface area contributed by atoms with Crippen LogP contribution in [0.1, 0.15) is 57.8 Å². The van der Waals surface area contributed by atoms with E-state index in [0.29, 0.717) is 5.56 Å². The number of phenolic OH excluding ortho intramolecular Hbond substituents is 1. The zero-order chi connectivity index (χ0) is 33.5. The highest BCUT2D eigenvalue weighted by Crippen LogP contribution is 2.45. The molecule has 2 aromatic rings. The Morgan fingerprint density at radius 3 is 2.30 bits per heavy atom. The number of halogens is 2. The Balaban J connectivity index is 1.59. The zero-order valence-corrected chi connectivity index (χ0v) is 27.7. The Morgan fingerprint density at radius 2 is 1.65 bits per heavy atom. The van der Waals surface area contributed by atoms with Crippen molar-refractivity contribution in [1.29, 1.82) is 0 Å². The first-order valence-corrected chi connectivity index (χ1v) is 16.1. The van der Waals surface area contributed by atoms with Crippen LogP contribution in [-0.2, 0) is 39.8 Å². The maximum Gasteiger partial charge on any atom is 0.347 e. The minimum absolute atomic E-state index is 0.00138. The van der Waals surface area contributed by atoms with Crippen molar-refractivity contribution in [2.24, 2.45) is 17.8 Å². The fraction of sp³-hybridized carbons (Fsp3) is 0.471. The first kappa shape index (κ1) is 35.3. The van der Waals surface area contributed by atoms with Gasteiger partial charge in [0.2, 0.25) is 11.8 Å². The SMILES string of the molecule is CC(C)CC1OC(=O)C(C)CNC(=O)C(Cc2cc(Cl)c(O)c(Cl)c2)NC(=O)C=CCC(C(C)C2OC2c2ccccc2)OC1=O. The van der Waals surface area contributed by atoms with Crippen molar-refractivity contribution in [3.05, 3.63) is 75.8 Å². The highest BCUT2D eigenvalue weighted by atomic mass is 35.5. The number of nitrogens with one attached hydrogen (secondary N) is 2. The number of carbonyl (C=O) groups excluding carboxylic acids is 4. The van der Waals surface area contributed by atoms with E-state index in [9.17, 15) is 24.3 Å². The van der Waals surface area contributed by atoms with Crippen molar-refractivity contribution in [2.75, 3.05) is 6.54 Å². The smallest absolute Gasteiger partial charge is 0.347 e. The number of cyclic esters (lactones) is 2. The van der Waals surface area contributed by atoms with Crippen LogP contribution in [0, 0.1) is 17.8 Å². The van der Waals surface area contributed by atoms with E-state index in [1.807, 2.05) is 51.1 Å². The molecule has 46 heavy (non-hydrogen) atoms. The highest BCUT2D eigenvalue weighted by molar-refractivity contribution is 6.37. The Kier molecular flexibility index (Phi) is 12.1. The second kappa shape index (κ2) is 15.8. The second-order valence-electron chi connectivity index (χ2n) is 12.3. The van der Waals surface area contributed by atoms with E-state index in [1.165, 1.54) is 18.2 Å². The predicted octanol–water partition coefficient (Wildman–Crippen LogP) is 5.08. The van der Waals surface area contributed by atoms with Crippen molar-refractivity contribution in [3.8, 4) is 5.75 Å². The van der Waals surface area contributed by atoms with E-state index in [4.69, 9.17) is 37.4 Å². The summed E-state index contributed by atoms with van der Waals surface area (Å²) in [5, 5.41) is 15.3. The molecule has 2 heterocycles. The van der Waals surface area contributed by atoms with Crippen LogP contribution >= 0.6 is 23.2 Å². The molecular weight excluding hydrogens is 635 g/mol. The number of aromatic hydroxyl groups is 1. The van der Waals surface area contributed by atoms with Gasteiger partial charge in [-0.2, -0.15) is 0 Å². The number of hydrogen-bond donors (Lipinski definition) is 3. The summed E-state index contributed by atoms with van der Waals surface area (Å²) in [5.41, 5.74) is 1.50. The number of phenols is 1. The molecule has 0 spiro atoms. The largest absolute Gasteiger partial charge is 0.505 e. The number of esters is 2. The predicted molar refractivity (Wildman–Crippen MR) is 172 cm³/mol.